The monoisotopic (exact) mass is 304 g/mol. The lowest BCUT2D eigenvalue weighted by Gasteiger charge is -2.15. The van der Waals surface area contributed by atoms with Crippen molar-refractivity contribution in [3.05, 3.63) is 41.8 Å². The van der Waals surface area contributed by atoms with Gasteiger partial charge in [0.05, 0.1) is 23.9 Å². The number of carbonyl (C=O) groups excluding carboxylic acids is 1. The highest BCUT2D eigenvalue weighted by atomic mass is 32.2. The molecule has 1 aliphatic heterocycles. The molecule has 3 heterocycles. The number of aromatic nitrogens is 3. The highest BCUT2D eigenvalue weighted by molar-refractivity contribution is 7.97. The fourth-order valence-corrected chi connectivity index (χ4v) is 2.77. The molecule has 0 aromatic carbocycles. The maximum atomic E-state index is 12.1. The quantitative estimate of drug-likeness (QED) is 0.839. The van der Waals surface area contributed by atoms with Gasteiger partial charge in [0.1, 0.15) is 0 Å². The molecule has 1 amide bonds. The summed E-state index contributed by atoms with van der Waals surface area (Å²) in [5, 5.41) is 3.94. The van der Waals surface area contributed by atoms with Crippen LogP contribution in [0.3, 0.4) is 0 Å². The number of pyridine rings is 1. The van der Waals surface area contributed by atoms with Gasteiger partial charge in [-0.05, 0) is 18.4 Å². The number of likely N-dealkylation sites (tertiary alicyclic amines) is 1. The van der Waals surface area contributed by atoms with E-state index in [0.29, 0.717) is 31.2 Å². The molecule has 0 N–H and O–H groups in total. The van der Waals surface area contributed by atoms with Gasteiger partial charge in [0, 0.05) is 19.2 Å². The Bertz CT molecular complexity index is 616. The third-order valence-electron chi connectivity index (χ3n) is 3.40. The molecule has 2 aromatic rings. The van der Waals surface area contributed by atoms with Gasteiger partial charge in [0.25, 0.3) is 0 Å². The van der Waals surface area contributed by atoms with E-state index < -0.39 is 0 Å². The molecule has 110 valence electrons. The van der Waals surface area contributed by atoms with E-state index in [1.165, 1.54) is 0 Å². The Morgan fingerprint density at radius 3 is 3.14 bits per heavy atom. The Morgan fingerprint density at radius 1 is 1.48 bits per heavy atom. The lowest BCUT2D eigenvalue weighted by molar-refractivity contribution is -0.128. The molecule has 7 heteroatoms. The molecule has 0 radical (unpaired) electrons. The molecule has 1 fully saturated rings. The van der Waals surface area contributed by atoms with E-state index in [2.05, 4.69) is 15.1 Å². The second kappa shape index (κ2) is 6.26. The summed E-state index contributed by atoms with van der Waals surface area (Å²) in [6.07, 6.45) is 4.15. The zero-order valence-corrected chi connectivity index (χ0v) is 12.5. The van der Waals surface area contributed by atoms with E-state index in [4.69, 9.17) is 4.52 Å². The van der Waals surface area contributed by atoms with Crippen molar-refractivity contribution < 1.29 is 9.32 Å². The minimum absolute atomic E-state index is 0.00989. The first-order valence-electron chi connectivity index (χ1n) is 6.75. The van der Waals surface area contributed by atoms with Crippen LogP contribution < -0.4 is 0 Å². The molecule has 2 aromatic heterocycles. The first kappa shape index (κ1) is 14.1. The van der Waals surface area contributed by atoms with Gasteiger partial charge in [-0.25, -0.2) is 0 Å². The van der Waals surface area contributed by atoms with Crippen LogP contribution in [-0.2, 0) is 17.1 Å². The number of carbonyl (C=O) groups is 1. The molecule has 0 saturated carbocycles. The van der Waals surface area contributed by atoms with E-state index in [-0.39, 0.29) is 11.8 Å². The van der Waals surface area contributed by atoms with Gasteiger partial charge >= 0.3 is 0 Å². The number of thioether (sulfide) groups is 1. The van der Waals surface area contributed by atoms with Crippen molar-refractivity contribution in [2.24, 2.45) is 0 Å². The van der Waals surface area contributed by atoms with Crippen LogP contribution in [0.5, 0.6) is 0 Å². The van der Waals surface area contributed by atoms with Crippen molar-refractivity contribution in [1.29, 1.82) is 0 Å². The minimum atomic E-state index is -0.00989. The van der Waals surface area contributed by atoms with Gasteiger partial charge in [-0.3, -0.25) is 9.78 Å². The van der Waals surface area contributed by atoms with E-state index in [0.717, 1.165) is 11.4 Å². The van der Waals surface area contributed by atoms with Gasteiger partial charge in [-0.2, -0.15) is 16.7 Å². The number of hydrogen-bond acceptors (Lipinski definition) is 6. The summed E-state index contributed by atoms with van der Waals surface area (Å²) < 4.78 is 5.28. The summed E-state index contributed by atoms with van der Waals surface area (Å²) in [5.41, 5.74) is 0.889. The second-order valence-corrected chi connectivity index (χ2v) is 5.84. The zero-order chi connectivity index (χ0) is 14.7. The number of amides is 1. The minimum Gasteiger partial charge on any atom is -0.339 e. The standard InChI is InChI=1S/C14H16N4O2S/c1-21-9-12-16-14(20-17-12)10-6-13(19)18(7-10)8-11-4-2-3-5-15-11/h2-5,10H,6-9H2,1H3/t10-/m0/s1. The van der Waals surface area contributed by atoms with Crippen LogP contribution in [0.4, 0.5) is 0 Å². The first-order chi connectivity index (χ1) is 10.3. The van der Waals surface area contributed by atoms with Crippen molar-refractivity contribution in [3.8, 4) is 0 Å². The number of rotatable bonds is 5. The zero-order valence-electron chi connectivity index (χ0n) is 11.7. The molecule has 3 rings (SSSR count). The maximum Gasteiger partial charge on any atom is 0.232 e. The summed E-state index contributed by atoms with van der Waals surface area (Å²) in [7, 11) is 0. The molecule has 0 spiro atoms. The summed E-state index contributed by atoms with van der Waals surface area (Å²) in [5.74, 6) is 2.07. The fraction of sp³-hybridized carbons (Fsp3) is 0.429. The topological polar surface area (TPSA) is 72.1 Å². The molecule has 21 heavy (non-hydrogen) atoms. The highest BCUT2D eigenvalue weighted by Gasteiger charge is 2.34. The Labute approximate surface area is 126 Å². The van der Waals surface area contributed by atoms with E-state index in [1.807, 2.05) is 24.5 Å². The van der Waals surface area contributed by atoms with E-state index in [9.17, 15) is 4.79 Å². The Kier molecular flexibility index (Phi) is 4.19. The van der Waals surface area contributed by atoms with Crippen LogP contribution in [0.1, 0.15) is 29.7 Å². The van der Waals surface area contributed by atoms with Crippen LogP contribution in [0.2, 0.25) is 0 Å². The van der Waals surface area contributed by atoms with Crippen LogP contribution in [0.25, 0.3) is 0 Å². The average molecular weight is 304 g/mol. The fourth-order valence-electron chi connectivity index (χ4n) is 2.40. The van der Waals surface area contributed by atoms with Crippen LogP contribution in [0.15, 0.2) is 28.9 Å². The van der Waals surface area contributed by atoms with Crippen molar-refractivity contribution in [2.45, 2.75) is 24.6 Å². The molecule has 0 unspecified atom stereocenters. The van der Waals surface area contributed by atoms with Gasteiger partial charge in [0.2, 0.25) is 11.8 Å². The summed E-state index contributed by atoms with van der Waals surface area (Å²) in [6, 6.07) is 5.71. The number of nitrogens with zero attached hydrogens (tertiary/aromatic N) is 4. The largest absolute Gasteiger partial charge is 0.339 e. The van der Waals surface area contributed by atoms with Gasteiger partial charge in [0.15, 0.2) is 5.82 Å². The Balaban J connectivity index is 1.66. The molecule has 1 atom stereocenters. The summed E-state index contributed by atoms with van der Waals surface area (Å²) >= 11 is 1.64. The lowest BCUT2D eigenvalue weighted by atomic mass is 10.1. The molecule has 6 nitrogen and oxygen atoms in total. The molecular formula is C14H16N4O2S. The van der Waals surface area contributed by atoms with Crippen molar-refractivity contribution in [2.75, 3.05) is 12.8 Å². The molecule has 1 saturated heterocycles. The van der Waals surface area contributed by atoms with Crippen LogP contribution in [-0.4, -0.2) is 38.7 Å². The van der Waals surface area contributed by atoms with E-state index in [1.54, 1.807) is 22.9 Å². The normalized spacial score (nSPS) is 18.4. The van der Waals surface area contributed by atoms with E-state index >= 15 is 0 Å². The molecular weight excluding hydrogens is 288 g/mol. The SMILES string of the molecule is CSCc1noc([C@H]2CC(=O)N(Cc3ccccn3)C2)n1. The Hall–Kier alpha value is -1.89. The molecule has 0 bridgehead atoms. The van der Waals surface area contributed by atoms with Crippen LogP contribution in [0, 0.1) is 0 Å². The lowest BCUT2D eigenvalue weighted by Crippen LogP contribution is -2.24. The third kappa shape index (κ3) is 3.24. The molecule has 1 aliphatic rings. The van der Waals surface area contributed by atoms with Gasteiger partial charge in [-0.1, -0.05) is 11.2 Å². The summed E-state index contributed by atoms with van der Waals surface area (Å²) in [4.78, 5) is 22.5. The van der Waals surface area contributed by atoms with Gasteiger partial charge in [-0.15, -0.1) is 0 Å². The predicted molar refractivity (Wildman–Crippen MR) is 78.5 cm³/mol. The first-order valence-corrected chi connectivity index (χ1v) is 8.14. The smallest absolute Gasteiger partial charge is 0.232 e. The highest BCUT2D eigenvalue weighted by Crippen LogP contribution is 2.28. The van der Waals surface area contributed by atoms with Crippen molar-refractivity contribution in [1.82, 2.24) is 20.0 Å². The molecule has 0 aliphatic carbocycles. The van der Waals surface area contributed by atoms with Crippen LogP contribution >= 0.6 is 11.8 Å². The predicted octanol–water partition coefficient (Wildman–Crippen LogP) is 1.84. The van der Waals surface area contributed by atoms with Crippen molar-refractivity contribution in [3.63, 3.8) is 0 Å². The Morgan fingerprint density at radius 2 is 2.38 bits per heavy atom. The third-order valence-corrected chi connectivity index (χ3v) is 3.95. The maximum absolute atomic E-state index is 12.1. The second-order valence-electron chi connectivity index (χ2n) is 4.98. The summed E-state index contributed by atoms with van der Waals surface area (Å²) in [6.45, 7) is 1.14. The average Bonchev–Trinajstić information content (AvgIpc) is 3.08. The van der Waals surface area contributed by atoms with Crippen molar-refractivity contribution >= 4 is 17.7 Å². The number of hydrogen-bond donors (Lipinski definition) is 0. The van der Waals surface area contributed by atoms with Gasteiger partial charge < -0.3 is 9.42 Å².